The lowest BCUT2D eigenvalue weighted by atomic mass is 9.99. The quantitative estimate of drug-likeness (QED) is 0.712. The number of piperidine rings is 1. The maximum atomic E-state index is 12.2. The SMILES string of the molecule is CS(=O)(=O)N1CCC[C@@H](C(=O)NCCCSCc2ccccc2)C1. The number of nitrogens with one attached hydrogen (secondary N) is 1. The van der Waals surface area contributed by atoms with Gasteiger partial charge in [-0.1, -0.05) is 30.3 Å². The first-order valence-electron chi connectivity index (χ1n) is 8.31. The Morgan fingerprint density at radius 2 is 2.08 bits per heavy atom. The third-order valence-corrected chi connectivity index (χ3v) is 6.48. The molecule has 1 saturated heterocycles. The number of amides is 1. The first-order chi connectivity index (χ1) is 11.5. The molecule has 1 aromatic carbocycles. The predicted molar refractivity (Wildman–Crippen MR) is 99.4 cm³/mol. The normalized spacial score (nSPS) is 19.1. The van der Waals surface area contributed by atoms with E-state index in [1.807, 2.05) is 30.0 Å². The zero-order chi connectivity index (χ0) is 17.4. The van der Waals surface area contributed by atoms with E-state index < -0.39 is 10.0 Å². The van der Waals surface area contributed by atoms with Crippen LogP contribution in [0.4, 0.5) is 0 Å². The summed E-state index contributed by atoms with van der Waals surface area (Å²) in [5.41, 5.74) is 1.31. The molecule has 1 atom stereocenters. The summed E-state index contributed by atoms with van der Waals surface area (Å²) >= 11 is 1.86. The van der Waals surface area contributed by atoms with Gasteiger partial charge in [0, 0.05) is 25.4 Å². The zero-order valence-electron chi connectivity index (χ0n) is 14.1. The van der Waals surface area contributed by atoms with E-state index in [2.05, 4.69) is 17.4 Å². The van der Waals surface area contributed by atoms with Crippen LogP contribution in [0, 0.1) is 5.92 Å². The Balaban J connectivity index is 1.61. The van der Waals surface area contributed by atoms with Crippen molar-refractivity contribution in [3.8, 4) is 0 Å². The molecule has 0 bridgehead atoms. The molecule has 1 fully saturated rings. The van der Waals surface area contributed by atoms with E-state index in [0.717, 1.165) is 30.8 Å². The average Bonchev–Trinajstić information content (AvgIpc) is 2.58. The Kier molecular flexibility index (Phi) is 7.58. The van der Waals surface area contributed by atoms with Gasteiger partial charge in [-0.25, -0.2) is 12.7 Å². The predicted octanol–water partition coefficient (Wildman–Crippen LogP) is 2.10. The van der Waals surface area contributed by atoms with Crippen molar-refractivity contribution in [2.45, 2.75) is 25.0 Å². The minimum atomic E-state index is -3.20. The Morgan fingerprint density at radius 3 is 2.79 bits per heavy atom. The van der Waals surface area contributed by atoms with Gasteiger partial charge in [-0.2, -0.15) is 11.8 Å². The molecule has 1 aliphatic rings. The number of hydrogen-bond donors (Lipinski definition) is 1. The minimum absolute atomic E-state index is 0.0172. The maximum absolute atomic E-state index is 12.2. The van der Waals surface area contributed by atoms with E-state index in [0.29, 0.717) is 19.6 Å². The zero-order valence-corrected chi connectivity index (χ0v) is 15.7. The van der Waals surface area contributed by atoms with E-state index in [1.54, 1.807) is 0 Å². The number of hydrogen-bond acceptors (Lipinski definition) is 4. The van der Waals surface area contributed by atoms with Crippen LogP contribution in [-0.4, -0.2) is 50.3 Å². The van der Waals surface area contributed by atoms with E-state index in [4.69, 9.17) is 0 Å². The summed E-state index contributed by atoms with van der Waals surface area (Å²) in [5.74, 6) is 1.75. The maximum Gasteiger partial charge on any atom is 0.224 e. The Labute approximate surface area is 149 Å². The first kappa shape index (κ1) is 19.3. The van der Waals surface area contributed by atoms with Crippen molar-refractivity contribution < 1.29 is 13.2 Å². The Hall–Kier alpha value is -1.05. The van der Waals surface area contributed by atoms with Crippen molar-refractivity contribution in [2.24, 2.45) is 5.92 Å². The van der Waals surface area contributed by atoms with Crippen LogP contribution in [0.2, 0.25) is 0 Å². The summed E-state index contributed by atoms with van der Waals surface area (Å²) in [6.07, 6.45) is 3.64. The van der Waals surface area contributed by atoms with Crippen LogP contribution < -0.4 is 5.32 Å². The molecule has 0 aliphatic carbocycles. The number of benzene rings is 1. The number of carbonyl (C=O) groups excluding carboxylic acids is 1. The molecule has 1 N–H and O–H groups in total. The highest BCUT2D eigenvalue weighted by molar-refractivity contribution is 7.98. The fraction of sp³-hybridized carbons (Fsp3) is 0.588. The number of thioether (sulfide) groups is 1. The van der Waals surface area contributed by atoms with Gasteiger partial charge in [0.1, 0.15) is 0 Å². The van der Waals surface area contributed by atoms with Crippen LogP contribution in [0.25, 0.3) is 0 Å². The fourth-order valence-corrected chi connectivity index (χ4v) is 4.58. The second-order valence-electron chi connectivity index (χ2n) is 6.14. The lowest BCUT2D eigenvalue weighted by molar-refractivity contribution is -0.126. The molecule has 0 saturated carbocycles. The molecule has 0 radical (unpaired) electrons. The highest BCUT2D eigenvalue weighted by Crippen LogP contribution is 2.19. The fourth-order valence-electron chi connectivity index (χ4n) is 2.75. The number of nitrogens with zero attached hydrogens (tertiary/aromatic N) is 1. The molecule has 0 aromatic heterocycles. The van der Waals surface area contributed by atoms with Gasteiger partial charge in [0.05, 0.1) is 12.2 Å². The van der Waals surface area contributed by atoms with Gasteiger partial charge in [0.2, 0.25) is 15.9 Å². The van der Waals surface area contributed by atoms with Crippen LogP contribution in [0.15, 0.2) is 30.3 Å². The van der Waals surface area contributed by atoms with Gasteiger partial charge in [-0.15, -0.1) is 0 Å². The standard InChI is InChI=1S/C17H26N2O3S2/c1-24(21,22)19-11-5-9-16(13-19)17(20)18-10-6-12-23-14-15-7-3-2-4-8-15/h2-4,7-8,16H,5-6,9-14H2,1H3,(H,18,20)/t16-/m1/s1. The largest absolute Gasteiger partial charge is 0.356 e. The minimum Gasteiger partial charge on any atom is -0.356 e. The van der Waals surface area contributed by atoms with Gasteiger partial charge >= 0.3 is 0 Å². The lowest BCUT2D eigenvalue weighted by Gasteiger charge is -2.30. The number of carbonyl (C=O) groups is 1. The van der Waals surface area contributed by atoms with Crippen molar-refractivity contribution in [1.82, 2.24) is 9.62 Å². The van der Waals surface area contributed by atoms with Gasteiger partial charge in [0.15, 0.2) is 0 Å². The van der Waals surface area contributed by atoms with Crippen LogP contribution in [0.3, 0.4) is 0 Å². The smallest absolute Gasteiger partial charge is 0.224 e. The van der Waals surface area contributed by atoms with Gasteiger partial charge in [0.25, 0.3) is 0 Å². The second-order valence-corrected chi connectivity index (χ2v) is 9.23. The molecule has 2 rings (SSSR count). The molecule has 0 unspecified atom stereocenters. The topological polar surface area (TPSA) is 66.5 Å². The van der Waals surface area contributed by atoms with Gasteiger partial charge in [-0.05, 0) is 30.6 Å². The molecule has 1 aliphatic heterocycles. The third kappa shape index (κ3) is 6.45. The van der Waals surface area contributed by atoms with E-state index >= 15 is 0 Å². The van der Waals surface area contributed by atoms with Crippen LogP contribution >= 0.6 is 11.8 Å². The van der Waals surface area contributed by atoms with Crippen molar-refractivity contribution >= 4 is 27.7 Å². The summed E-state index contributed by atoms with van der Waals surface area (Å²) in [6.45, 7) is 1.49. The van der Waals surface area contributed by atoms with Crippen LogP contribution in [0.5, 0.6) is 0 Å². The molecular weight excluding hydrogens is 344 g/mol. The van der Waals surface area contributed by atoms with Crippen LogP contribution in [-0.2, 0) is 20.6 Å². The molecule has 24 heavy (non-hydrogen) atoms. The molecule has 1 amide bonds. The monoisotopic (exact) mass is 370 g/mol. The Bertz CT molecular complexity index is 620. The second kappa shape index (κ2) is 9.44. The molecule has 5 nitrogen and oxygen atoms in total. The first-order valence-corrected chi connectivity index (χ1v) is 11.3. The highest BCUT2D eigenvalue weighted by Gasteiger charge is 2.29. The molecule has 1 heterocycles. The third-order valence-electron chi connectivity index (χ3n) is 4.10. The van der Waals surface area contributed by atoms with Crippen LogP contribution in [0.1, 0.15) is 24.8 Å². The van der Waals surface area contributed by atoms with Crippen molar-refractivity contribution in [3.05, 3.63) is 35.9 Å². The van der Waals surface area contributed by atoms with Gasteiger partial charge in [-0.3, -0.25) is 4.79 Å². The van der Waals surface area contributed by atoms with E-state index in [-0.39, 0.29) is 11.8 Å². The summed E-state index contributed by atoms with van der Waals surface area (Å²) in [4.78, 5) is 12.2. The average molecular weight is 371 g/mol. The molecular formula is C17H26N2O3S2. The lowest BCUT2D eigenvalue weighted by Crippen LogP contribution is -2.45. The van der Waals surface area contributed by atoms with E-state index in [1.165, 1.54) is 16.1 Å². The van der Waals surface area contributed by atoms with E-state index in [9.17, 15) is 13.2 Å². The molecule has 134 valence electrons. The highest BCUT2D eigenvalue weighted by atomic mass is 32.2. The van der Waals surface area contributed by atoms with Gasteiger partial charge < -0.3 is 5.32 Å². The number of sulfonamides is 1. The Morgan fingerprint density at radius 1 is 1.33 bits per heavy atom. The summed E-state index contributed by atoms with van der Waals surface area (Å²) in [7, 11) is -3.20. The summed E-state index contributed by atoms with van der Waals surface area (Å²) in [6, 6.07) is 10.3. The van der Waals surface area contributed by atoms with Crippen molar-refractivity contribution in [3.63, 3.8) is 0 Å². The summed E-state index contributed by atoms with van der Waals surface area (Å²) in [5, 5.41) is 2.95. The number of rotatable bonds is 8. The summed E-state index contributed by atoms with van der Waals surface area (Å²) < 4.78 is 24.6. The molecule has 7 heteroatoms. The molecule has 0 spiro atoms. The van der Waals surface area contributed by atoms with Crippen molar-refractivity contribution in [1.29, 1.82) is 0 Å². The van der Waals surface area contributed by atoms with Crippen molar-refractivity contribution in [2.75, 3.05) is 31.6 Å². The molecule has 1 aromatic rings.